The summed E-state index contributed by atoms with van der Waals surface area (Å²) < 4.78 is 24.9. The Bertz CT molecular complexity index is 500. The molecule has 0 aliphatic carbocycles. The molecule has 20 heavy (non-hydrogen) atoms. The molecule has 2 aliphatic rings. The molecule has 2 aliphatic heterocycles. The monoisotopic (exact) mass is 300 g/mol. The van der Waals surface area contributed by atoms with Crippen molar-refractivity contribution in [2.45, 2.75) is 18.6 Å². The quantitative estimate of drug-likeness (QED) is 0.906. The topological polar surface area (TPSA) is 33.7 Å². The molecule has 0 bridgehead atoms. The van der Waals surface area contributed by atoms with E-state index in [2.05, 4.69) is 10.2 Å². The molecule has 2 atom stereocenters. The van der Waals surface area contributed by atoms with Gasteiger partial charge in [-0.2, -0.15) is 0 Å². The fourth-order valence-electron chi connectivity index (χ4n) is 2.97. The van der Waals surface area contributed by atoms with Crippen LogP contribution in [-0.2, 0) is 4.74 Å². The minimum Gasteiger partial charge on any atom is -0.484 e. The molecule has 1 N–H and O–H groups in total. The van der Waals surface area contributed by atoms with Crippen molar-refractivity contribution in [1.29, 1.82) is 0 Å². The lowest BCUT2D eigenvalue weighted by Gasteiger charge is -2.37. The van der Waals surface area contributed by atoms with Crippen LogP contribution in [0.15, 0.2) is 12.1 Å². The average molecular weight is 301 g/mol. The normalized spacial score (nSPS) is 25.4. The molecule has 3 rings (SSSR count). The van der Waals surface area contributed by atoms with E-state index in [4.69, 9.17) is 21.1 Å². The standard InChI is InChI=1S/C14H18ClFN2O2/c1-19-8-11-6-10-7-17-2-3-18(10)13-5-9(16)4-12(15)14(13)20-11/h4-5,10-11,17H,2-3,6-8H2,1H3/t10-,11+/m1/s1. The molecule has 0 unspecified atom stereocenters. The molecule has 0 radical (unpaired) electrons. The zero-order valence-electron chi connectivity index (χ0n) is 11.4. The summed E-state index contributed by atoms with van der Waals surface area (Å²) in [6.45, 7) is 3.05. The van der Waals surface area contributed by atoms with Crippen LogP contribution in [0.4, 0.5) is 10.1 Å². The van der Waals surface area contributed by atoms with Gasteiger partial charge in [-0.1, -0.05) is 11.6 Å². The zero-order valence-corrected chi connectivity index (χ0v) is 12.1. The van der Waals surface area contributed by atoms with Crippen molar-refractivity contribution in [3.8, 4) is 5.75 Å². The fraction of sp³-hybridized carbons (Fsp3) is 0.571. The number of ether oxygens (including phenoxy) is 2. The number of anilines is 1. The van der Waals surface area contributed by atoms with Crippen LogP contribution in [0.2, 0.25) is 5.02 Å². The van der Waals surface area contributed by atoms with Crippen LogP contribution in [0.25, 0.3) is 0 Å². The third kappa shape index (κ3) is 2.57. The first-order valence-corrected chi connectivity index (χ1v) is 7.19. The summed E-state index contributed by atoms with van der Waals surface area (Å²) in [6.07, 6.45) is 0.754. The second kappa shape index (κ2) is 5.76. The van der Waals surface area contributed by atoms with Crippen LogP contribution in [0.1, 0.15) is 6.42 Å². The Morgan fingerprint density at radius 3 is 3.20 bits per heavy atom. The summed E-state index contributed by atoms with van der Waals surface area (Å²) in [4.78, 5) is 2.19. The summed E-state index contributed by atoms with van der Waals surface area (Å²) in [5, 5.41) is 3.69. The number of rotatable bonds is 2. The van der Waals surface area contributed by atoms with Gasteiger partial charge in [0, 0.05) is 45.3 Å². The molecule has 4 nitrogen and oxygen atoms in total. The van der Waals surface area contributed by atoms with Crippen molar-refractivity contribution in [2.75, 3.05) is 38.3 Å². The number of nitrogens with zero attached hydrogens (tertiary/aromatic N) is 1. The molecular formula is C14H18ClFN2O2. The second-order valence-corrected chi connectivity index (χ2v) is 5.63. The SMILES string of the molecule is COC[C@@H]1C[C@@H]2CNCCN2c2cc(F)cc(Cl)c2O1. The molecule has 0 aromatic heterocycles. The molecule has 2 heterocycles. The summed E-state index contributed by atoms with van der Waals surface area (Å²) in [5.41, 5.74) is 0.750. The predicted octanol–water partition coefficient (Wildman–Crippen LogP) is 2.05. The van der Waals surface area contributed by atoms with Crippen molar-refractivity contribution in [3.63, 3.8) is 0 Å². The maximum atomic E-state index is 13.7. The second-order valence-electron chi connectivity index (χ2n) is 5.22. The van der Waals surface area contributed by atoms with E-state index in [1.165, 1.54) is 12.1 Å². The third-order valence-corrected chi connectivity index (χ3v) is 4.10. The number of piperazine rings is 1. The molecule has 1 aromatic carbocycles. The first-order valence-electron chi connectivity index (χ1n) is 6.81. The number of fused-ring (bicyclic) bond motifs is 3. The summed E-state index contributed by atoms with van der Waals surface area (Å²) >= 11 is 6.17. The molecule has 6 heteroatoms. The van der Waals surface area contributed by atoms with E-state index in [0.29, 0.717) is 17.4 Å². The van der Waals surface area contributed by atoms with E-state index in [-0.39, 0.29) is 18.0 Å². The number of nitrogens with one attached hydrogen (secondary N) is 1. The van der Waals surface area contributed by atoms with Gasteiger partial charge in [0.2, 0.25) is 0 Å². The Labute approximate surface area is 122 Å². The van der Waals surface area contributed by atoms with Gasteiger partial charge in [0.05, 0.1) is 17.3 Å². The molecule has 0 amide bonds. The molecule has 1 fully saturated rings. The van der Waals surface area contributed by atoms with E-state index in [0.717, 1.165) is 31.7 Å². The van der Waals surface area contributed by atoms with Crippen molar-refractivity contribution < 1.29 is 13.9 Å². The lowest BCUT2D eigenvalue weighted by Crippen LogP contribution is -2.52. The van der Waals surface area contributed by atoms with Crippen LogP contribution in [0.3, 0.4) is 0 Å². The Kier molecular flexibility index (Phi) is 4.01. The number of hydrogen-bond donors (Lipinski definition) is 1. The zero-order chi connectivity index (χ0) is 14.1. The van der Waals surface area contributed by atoms with Crippen LogP contribution in [0, 0.1) is 5.82 Å². The Hall–Kier alpha value is -1.04. The number of hydrogen-bond acceptors (Lipinski definition) is 4. The van der Waals surface area contributed by atoms with Gasteiger partial charge in [-0.05, 0) is 6.07 Å². The Morgan fingerprint density at radius 1 is 1.55 bits per heavy atom. The highest BCUT2D eigenvalue weighted by atomic mass is 35.5. The van der Waals surface area contributed by atoms with E-state index < -0.39 is 0 Å². The first-order chi connectivity index (χ1) is 9.69. The highest BCUT2D eigenvalue weighted by Gasteiger charge is 2.33. The van der Waals surface area contributed by atoms with Gasteiger partial charge in [-0.15, -0.1) is 0 Å². The number of benzene rings is 1. The van der Waals surface area contributed by atoms with Gasteiger partial charge >= 0.3 is 0 Å². The van der Waals surface area contributed by atoms with Crippen molar-refractivity contribution in [2.24, 2.45) is 0 Å². The Morgan fingerprint density at radius 2 is 2.40 bits per heavy atom. The average Bonchev–Trinajstić information content (AvgIpc) is 2.57. The number of methoxy groups -OCH3 is 1. The molecule has 1 aromatic rings. The molecule has 0 spiro atoms. The molecular weight excluding hydrogens is 283 g/mol. The lowest BCUT2D eigenvalue weighted by molar-refractivity contribution is 0.0746. The molecule has 0 saturated carbocycles. The number of halogens is 2. The van der Waals surface area contributed by atoms with Crippen molar-refractivity contribution in [1.82, 2.24) is 5.32 Å². The maximum absolute atomic E-state index is 13.7. The summed E-state index contributed by atoms with van der Waals surface area (Å²) in [7, 11) is 1.65. The van der Waals surface area contributed by atoms with E-state index in [1.807, 2.05) is 0 Å². The molecule has 110 valence electrons. The lowest BCUT2D eigenvalue weighted by atomic mass is 10.1. The van der Waals surface area contributed by atoms with Gasteiger partial charge in [0.15, 0.2) is 5.75 Å². The van der Waals surface area contributed by atoms with E-state index in [9.17, 15) is 4.39 Å². The first kappa shape index (κ1) is 13.9. The van der Waals surface area contributed by atoms with Crippen LogP contribution < -0.4 is 15.0 Å². The van der Waals surface area contributed by atoms with Crippen molar-refractivity contribution >= 4 is 17.3 Å². The maximum Gasteiger partial charge on any atom is 0.161 e. The third-order valence-electron chi connectivity index (χ3n) is 3.82. The minimum atomic E-state index is -0.333. The van der Waals surface area contributed by atoms with Crippen LogP contribution in [0.5, 0.6) is 5.75 Å². The Balaban J connectivity index is 2.02. The predicted molar refractivity (Wildman–Crippen MR) is 76.3 cm³/mol. The van der Waals surface area contributed by atoms with E-state index in [1.54, 1.807) is 7.11 Å². The van der Waals surface area contributed by atoms with Gasteiger partial charge in [-0.3, -0.25) is 0 Å². The fourth-order valence-corrected chi connectivity index (χ4v) is 3.22. The van der Waals surface area contributed by atoms with Crippen LogP contribution in [-0.4, -0.2) is 45.5 Å². The highest BCUT2D eigenvalue weighted by Crippen LogP contribution is 2.41. The highest BCUT2D eigenvalue weighted by molar-refractivity contribution is 6.32. The van der Waals surface area contributed by atoms with E-state index >= 15 is 0 Å². The molecule has 1 saturated heterocycles. The minimum absolute atomic E-state index is 0.0726. The van der Waals surface area contributed by atoms with Crippen LogP contribution >= 0.6 is 11.6 Å². The summed E-state index contributed by atoms with van der Waals surface area (Å²) in [6, 6.07) is 3.07. The van der Waals surface area contributed by atoms with Gasteiger partial charge in [-0.25, -0.2) is 4.39 Å². The van der Waals surface area contributed by atoms with Crippen molar-refractivity contribution in [3.05, 3.63) is 23.0 Å². The summed E-state index contributed by atoms with van der Waals surface area (Å²) in [5.74, 6) is 0.236. The van der Waals surface area contributed by atoms with Gasteiger partial charge in [0.1, 0.15) is 11.9 Å². The van der Waals surface area contributed by atoms with Gasteiger partial charge in [0.25, 0.3) is 0 Å². The smallest absolute Gasteiger partial charge is 0.161 e. The largest absolute Gasteiger partial charge is 0.484 e. The van der Waals surface area contributed by atoms with Gasteiger partial charge < -0.3 is 19.7 Å².